The minimum atomic E-state index is -4.71. The average Bonchev–Trinajstić information content (AvgIpc) is 3.04. The van der Waals surface area contributed by atoms with Gasteiger partial charge in [-0.15, -0.1) is 0 Å². The van der Waals surface area contributed by atoms with Gasteiger partial charge < -0.3 is 26.2 Å². The molecule has 0 saturated carbocycles. The van der Waals surface area contributed by atoms with Gasteiger partial charge in [0.05, 0.1) is 11.3 Å². The Morgan fingerprint density at radius 2 is 1.82 bits per heavy atom. The molecule has 5 rings (SSSR count). The first kappa shape index (κ1) is 31.4. The summed E-state index contributed by atoms with van der Waals surface area (Å²) in [6, 6.07) is 22.3. The Bertz CT molecular complexity index is 1640. The number of nitrogens with one attached hydrogen (secondary N) is 4. The molecule has 1 aliphatic heterocycles. The van der Waals surface area contributed by atoms with Crippen LogP contribution in [0.25, 0.3) is 0 Å². The van der Waals surface area contributed by atoms with Crippen LogP contribution in [0.1, 0.15) is 52.7 Å². The highest BCUT2D eigenvalue weighted by Gasteiger charge is 2.35. The molecule has 0 bridgehead atoms. The van der Waals surface area contributed by atoms with Crippen molar-refractivity contribution in [3.8, 4) is 0 Å². The molecule has 45 heavy (non-hydrogen) atoms. The number of allylic oxidation sites excluding steroid dienone is 1. The first-order valence-electron chi connectivity index (χ1n) is 14.8. The number of carbonyl (C=O) groups excluding carboxylic acids is 1. The zero-order valence-electron chi connectivity index (χ0n) is 25.2. The highest BCUT2D eigenvalue weighted by Crippen LogP contribution is 2.36. The summed E-state index contributed by atoms with van der Waals surface area (Å²) in [4.78, 5) is 22.6. The van der Waals surface area contributed by atoms with Crippen molar-refractivity contribution >= 4 is 34.7 Å². The SMILES string of the molecule is CC=CN1CCC[C@H](c2cccc(NCc3ccc(Nc4ncc(C(F)(F)F)c(Nc5ccccc5C(=O)NC)n4)cc3)c2)C1. The number of rotatable bonds is 10. The third-order valence-corrected chi connectivity index (χ3v) is 7.62. The minimum absolute atomic E-state index is 0.0266. The highest BCUT2D eigenvalue weighted by molar-refractivity contribution is 6.00. The molecule has 1 aromatic heterocycles. The number of amides is 1. The van der Waals surface area contributed by atoms with Crippen molar-refractivity contribution in [2.75, 3.05) is 36.1 Å². The van der Waals surface area contributed by atoms with Gasteiger partial charge in [-0.1, -0.05) is 42.5 Å². The fraction of sp³-hybridized carbons (Fsp3) is 0.265. The molecule has 1 fully saturated rings. The Hall–Kier alpha value is -5.06. The van der Waals surface area contributed by atoms with Crippen molar-refractivity contribution in [1.29, 1.82) is 0 Å². The normalized spacial score (nSPS) is 15.1. The van der Waals surface area contributed by atoms with Gasteiger partial charge in [-0.2, -0.15) is 18.2 Å². The van der Waals surface area contributed by atoms with Crippen LogP contribution in [-0.4, -0.2) is 40.9 Å². The average molecular weight is 616 g/mol. The van der Waals surface area contributed by atoms with Gasteiger partial charge in [0.1, 0.15) is 11.4 Å². The fourth-order valence-electron chi connectivity index (χ4n) is 5.36. The number of alkyl halides is 3. The molecule has 1 aliphatic rings. The molecule has 234 valence electrons. The van der Waals surface area contributed by atoms with Crippen molar-refractivity contribution in [1.82, 2.24) is 20.2 Å². The van der Waals surface area contributed by atoms with Gasteiger partial charge in [0, 0.05) is 50.2 Å². The first-order chi connectivity index (χ1) is 21.7. The zero-order valence-corrected chi connectivity index (χ0v) is 25.2. The van der Waals surface area contributed by atoms with E-state index in [-0.39, 0.29) is 17.2 Å². The summed E-state index contributed by atoms with van der Waals surface area (Å²) in [5.74, 6) is -0.443. The van der Waals surface area contributed by atoms with Crippen LogP contribution in [0.15, 0.2) is 91.3 Å². The van der Waals surface area contributed by atoms with Gasteiger partial charge in [0.25, 0.3) is 5.91 Å². The number of halogens is 3. The maximum Gasteiger partial charge on any atom is 0.421 e. The van der Waals surface area contributed by atoms with E-state index < -0.39 is 23.5 Å². The van der Waals surface area contributed by atoms with E-state index in [4.69, 9.17) is 0 Å². The monoisotopic (exact) mass is 615 g/mol. The van der Waals surface area contributed by atoms with Crippen molar-refractivity contribution in [2.24, 2.45) is 0 Å². The second-order valence-electron chi connectivity index (χ2n) is 10.8. The van der Waals surface area contributed by atoms with E-state index in [2.05, 4.69) is 72.7 Å². The van der Waals surface area contributed by atoms with Crippen LogP contribution < -0.4 is 21.3 Å². The lowest BCUT2D eigenvalue weighted by molar-refractivity contribution is -0.137. The summed E-state index contributed by atoms with van der Waals surface area (Å²) >= 11 is 0. The van der Waals surface area contributed by atoms with E-state index in [1.54, 1.807) is 12.1 Å². The molecule has 0 spiro atoms. The molecule has 4 aromatic rings. The van der Waals surface area contributed by atoms with Gasteiger partial charge in [0.15, 0.2) is 0 Å². The highest BCUT2D eigenvalue weighted by atomic mass is 19.4. The molecule has 1 saturated heterocycles. The summed E-state index contributed by atoms with van der Waals surface area (Å²) < 4.78 is 41.4. The number of benzene rings is 3. The third kappa shape index (κ3) is 8.11. The number of hydrogen-bond acceptors (Lipinski definition) is 7. The fourth-order valence-corrected chi connectivity index (χ4v) is 5.36. The van der Waals surface area contributed by atoms with E-state index in [1.165, 1.54) is 37.6 Å². The largest absolute Gasteiger partial charge is 0.421 e. The lowest BCUT2D eigenvalue weighted by atomic mass is 9.90. The number of para-hydroxylation sites is 1. The molecule has 11 heteroatoms. The summed E-state index contributed by atoms with van der Waals surface area (Å²) in [7, 11) is 1.45. The van der Waals surface area contributed by atoms with Crippen molar-refractivity contribution in [2.45, 2.75) is 38.4 Å². The molecule has 1 atom stereocenters. The third-order valence-electron chi connectivity index (χ3n) is 7.62. The van der Waals surface area contributed by atoms with Gasteiger partial charge in [-0.05, 0) is 73.5 Å². The van der Waals surface area contributed by atoms with Crippen molar-refractivity contribution in [3.05, 3.63) is 114 Å². The van der Waals surface area contributed by atoms with Crippen molar-refractivity contribution < 1.29 is 18.0 Å². The van der Waals surface area contributed by atoms with E-state index in [9.17, 15) is 18.0 Å². The molecular weight excluding hydrogens is 579 g/mol. The van der Waals surface area contributed by atoms with Crippen LogP contribution in [0.4, 0.5) is 42.0 Å². The van der Waals surface area contributed by atoms with E-state index in [0.29, 0.717) is 18.2 Å². The number of hydrogen-bond donors (Lipinski definition) is 4. The predicted octanol–water partition coefficient (Wildman–Crippen LogP) is 7.67. The smallest absolute Gasteiger partial charge is 0.381 e. The summed E-state index contributed by atoms with van der Waals surface area (Å²) in [6.45, 7) is 4.77. The summed E-state index contributed by atoms with van der Waals surface area (Å²) in [5.41, 5.74) is 3.34. The van der Waals surface area contributed by atoms with E-state index in [0.717, 1.165) is 30.5 Å². The number of carbonyl (C=O) groups is 1. The molecule has 8 nitrogen and oxygen atoms in total. The molecule has 2 heterocycles. The molecular formula is C34H36F3N7O. The molecule has 0 radical (unpaired) electrons. The topological polar surface area (TPSA) is 94.2 Å². The van der Waals surface area contributed by atoms with Crippen LogP contribution in [-0.2, 0) is 12.7 Å². The number of aromatic nitrogens is 2. The number of piperidine rings is 1. The Labute approximate surface area is 260 Å². The second-order valence-corrected chi connectivity index (χ2v) is 10.8. The maximum atomic E-state index is 13.8. The molecule has 1 amide bonds. The second kappa shape index (κ2) is 14.1. The number of nitrogens with zero attached hydrogens (tertiary/aromatic N) is 3. The van der Waals surface area contributed by atoms with Crippen LogP contribution >= 0.6 is 0 Å². The lowest BCUT2D eigenvalue weighted by Gasteiger charge is -2.32. The number of likely N-dealkylation sites (tertiary alicyclic amines) is 1. The zero-order chi connectivity index (χ0) is 31.8. The maximum absolute atomic E-state index is 13.8. The lowest BCUT2D eigenvalue weighted by Crippen LogP contribution is -2.30. The van der Waals surface area contributed by atoms with Gasteiger partial charge in [-0.25, -0.2) is 4.98 Å². The van der Waals surface area contributed by atoms with Gasteiger partial charge >= 0.3 is 6.18 Å². The van der Waals surface area contributed by atoms with E-state index >= 15 is 0 Å². The Morgan fingerprint density at radius 3 is 2.58 bits per heavy atom. The first-order valence-corrected chi connectivity index (χ1v) is 14.8. The molecule has 0 aliphatic carbocycles. The van der Waals surface area contributed by atoms with Gasteiger partial charge in [-0.3, -0.25) is 4.79 Å². The molecule has 0 unspecified atom stereocenters. The van der Waals surface area contributed by atoms with E-state index in [1.807, 2.05) is 31.2 Å². The van der Waals surface area contributed by atoms with Crippen LogP contribution in [0, 0.1) is 0 Å². The summed E-state index contributed by atoms with van der Waals surface area (Å²) in [6.07, 6.45) is 2.62. The molecule has 3 aromatic carbocycles. The predicted molar refractivity (Wildman–Crippen MR) is 172 cm³/mol. The van der Waals surface area contributed by atoms with Crippen LogP contribution in [0.2, 0.25) is 0 Å². The van der Waals surface area contributed by atoms with Crippen molar-refractivity contribution in [3.63, 3.8) is 0 Å². The quantitative estimate of drug-likeness (QED) is 0.146. The number of anilines is 5. The van der Waals surface area contributed by atoms with Crippen LogP contribution in [0.3, 0.4) is 0 Å². The molecule has 4 N–H and O–H groups in total. The standard InChI is InChI=1S/C34H36F3N7O/c1-3-17-44-18-7-9-25(22-44)24-8-6-10-27(19-24)39-20-23-13-15-26(16-14-23)41-33-40-21-29(34(35,36)37)31(43-33)42-30-12-5-4-11-28(30)32(45)38-2/h3-6,8,10-17,19,21,25,39H,7,9,18,20,22H2,1-2H3,(H,38,45)(H2,40,41,42,43)/t25-/m0/s1. The van der Waals surface area contributed by atoms with Gasteiger partial charge in [0.2, 0.25) is 5.95 Å². The van der Waals surface area contributed by atoms with Crippen LogP contribution in [0.5, 0.6) is 0 Å². The Morgan fingerprint density at radius 1 is 1.02 bits per heavy atom. The minimum Gasteiger partial charge on any atom is -0.381 e. The summed E-state index contributed by atoms with van der Waals surface area (Å²) in [5, 5.41) is 11.6. The Kier molecular flexibility index (Phi) is 9.86. The Balaban J connectivity index is 1.25.